The van der Waals surface area contributed by atoms with Crippen molar-refractivity contribution >= 4 is 5.91 Å². The summed E-state index contributed by atoms with van der Waals surface area (Å²) in [5.41, 5.74) is 0.000436. The maximum atomic E-state index is 11.8. The van der Waals surface area contributed by atoms with E-state index in [1.807, 2.05) is 4.90 Å². The van der Waals surface area contributed by atoms with E-state index < -0.39 is 0 Å². The third-order valence-electron chi connectivity index (χ3n) is 2.58. The summed E-state index contributed by atoms with van der Waals surface area (Å²) in [7, 11) is 1.62. The second kappa shape index (κ2) is 6.18. The zero-order valence-electron chi connectivity index (χ0n) is 10.4. The molecule has 1 rings (SSSR count). The Bertz CT molecular complexity index is 231. The minimum Gasteiger partial charge on any atom is -0.382 e. The molecule has 0 aromatic rings. The van der Waals surface area contributed by atoms with Crippen LogP contribution in [0.25, 0.3) is 0 Å². The molecule has 1 N–H and O–H groups in total. The first-order valence-corrected chi connectivity index (χ1v) is 5.65. The summed E-state index contributed by atoms with van der Waals surface area (Å²) in [6.45, 7) is 7.68. The molecule has 0 radical (unpaired) electrons. The van der Waals surface area contributed by atoms with Gasteiger partial charge in [-0.1, -0.05) is 0 Å². The van der Waals surface area contributed by atoms with Gasteiger partial charge in [0.2, 0.25) is 5.91 Å². The molecule has 0 unspecified atom stereocenters. The number of nitrogens with zero attached hydrogens (tertiary/aromatic N) is 1. The number of methoxy groups -OCH3 is 1. The first-order chi connectivity index (χ1) is 7.55. The molecule has 1 aliphatic heterocycles. The lowest BCUT2D eigenvalue weighted by molar-refractivity contribution is -0.138. The first-order valence-electron chi connectivity index (χ1n) is 5.65. The molecule has 0 aliphatic carbocycles. The third kappa shape index (κ3) is 4.47. The van der Waals surface area contributed by atoms with E-state index in [1.54, 1.807) is 7.11 Å². The van der Waals surface area contributed by atoms with Crippen molar-refractivity contribution in [2.75, 3.05) is 46.6 Å². The van der Waals surface area contributed by atoms with Crippen LogP contribution in [-0.4, -0.2) is 62.9 Å². The van der Waals surface area contributed by atoms with E-state index in [2.05, 4.69) is 19.2 Å². The second-order valence-corrected chi connectivity index (χ2v) is 4.67. The van der Waals surface area contributed by atoms with Crippen molar-refractivity contribution in [3.05, 3.63) is 0 Å². The Balaban J connectivity index is 2.25. The van der Waals surface area contributed by atoms with Gasteiger partial charge in [-0.15, -0.1) is 0 Å². The smallest absolute Gasteiger partial charge is 0.248 e. The lowest BCUT2D eigenvalue weighted by atomic mass is 10.0. The minimum atomic E-state index is 0.000436. The predicted octanol–water partition coefficient (Wildman–Crippen LogP) is -0.140. The molecule has 94 valence electrons. The highest BCUT2D eigenvalue weighted by Crippen LogP contribution is 2.10. The fraction of sp³-hybridized carbons (Fsp3) is 0.909. The molecule has 1 saturated heterocycles. The molecule has 0 aromatic heterocycles. The van der Waals surface area contributed by atoms with Gasteiger partial charge < -0.3 is 19.7 Å². The number of nitrogens with one attached hydrogen (secondary N) is 1. The second-order valence-electron chi connectivity index (χ2n) is 4.67. The fourth-order valence-electron chi connectivity index (χ4n) is 1.75. The van der Waals surface area contributed by atoms with E-state index in [1.165, 1.54) is 0 Å². The highest BCUT2D eigenvalue weighted by Gasteiger charge is 2.28. The van der Waals surface area contributed by atoms with E-state index in [4.69, 9.17) is 9.47 Å². The van der Waals surface area contributed by atoms with Crippen LogP contribution in [0.15, 0.2) is 0 Å². The normalized spacial score (nSPS) is 19.8. The number of carbonyl (C=O) groups excluding carboxylic acids is 1. The Hall–Kier alpha value is -0.650. The summed E-state index contributed by atoms with van der Waals surface area (Å²) < 4.78 is 10.1. The van der Waals surface area contributed by atoms with Crippen LogP contribution in [-0.2, 0) is 14.3 Å². The standard InChI is InChI=1S/C11H22N2O3/c1-11(2)9-13(5-4-12-11)10(14)8-16-7-6-15-3/h12H,4-9H2,1-3H3. The van der Waals surface area contributed by atoms with Crippen molar-refractivity contribution < 1.29 is 14.3 Å². The summed E-state index contributed by atoms with van der Waals surface area (Å²) in [5, 5.41) is 3.36. The monoisotopic (exact) mass is 230 g/mol. The van der Waals surface area contributed by atoms with Gasteiger partial charge in [-0.3, -0.25) is 4.79 Å². The van der Waals surface area contributed by atoms with Gasteiger partial charge in [-0.25, -0.2) is 0 Å². The summed E-state index contributed by atoms with van der Waals surface area (Å²) in [4.78, 5) is 13.6. The summed E-state index contributed by atoms with van der Waals surface area (Å²) in [6.07, 6.45) is 0. The molecule has 1 fully saturated rings. The van der Waals surface area contributed by atoms with E-state index >= 15 is 0 Å². The topological polar surface area (TPSA) is 50.8 Å². The Morgan fingerprint density at radius 3 is 2.81 bits per heavy atom. The molecular formula is C11H22N2O3. The van der Waals surface area contributed by atoms with Crippen molar-refractivity contribution in [3.8, 4) is 0 Å². The predicted molar refractivity (Wildman–Crippen MR) is 61.4 cm³/mol. The van der Waals surface area contributed by atoms with Gasteiger partial charge in [0.25, 0.3) is 0 Å². The number of amides is 1. The lowest BCUT2D eigenvalue weighted by Gasteiger charge is -2.39. The van der Waals surface area contributed by atoms with Crippen molar-refractivity contribution in [3.63, 3.8) is 0 Å². The van der Waals surface area contributed by atoms with Crippen molar-refractivity contribution in [1.82, 2.24) is 10.2 Å². The molecule has 0 saturated carbocycles. The zero-order chi connectivity index (χ0) is 12.0. The van der Waals surface area contributed by atoms with E-state index in [0.29, 0.717) is 13.2 Å². The van der Waals surface area contributed by atoms with E-state index in [-0.39, 0.29) is 18.1 Å². The molecule has 1 amide bonds. The third-order valence-corrected chi connectivity index (χ3v) is 2.58. The number of hydrogen-bond donors (Lipinski definition) is 1. The Morgan fingerprint density at radius 1 is 1.44 bits per heavy atom. The lowest BCUT2D eigenvalue weighted by Crippen LogP contribution is -2.58. The van der Waals surface area contributed by atoms with Gasteiger partial charge in [0.05, 0.1) is 13.2 Å². The average molecular weight is 230 g/mol. The van der Waals surface area contributed by atoms with Gasteiger partial charge >= 0.3 is 0 Å². The van der Waals surface area contributed by atoms with Crippen LogP contribution >= 0.6 is 0 Å². The van der Waals surface area contributed by atoms with Gasteiger partial charge in [-0.2, -0.15) is 0 Å². The number of rotatable bonds is 5. The van der Waals surface area contributed by atoms with Gasteiger partial charge in [0, 0.05) is 32.3 Å². The van der Waals surface area contributed by atoms with Crippen LogP contribution in [0.3, 0.4) is 0 Å². The number of hydrogen-bond acceptors (Lipinski definition) is 4. The number of carbonyl (C=O) groups is 1. The molecule has 5 heteroatoms. The largest absolute Gasteiger partial charge is 0.382 e. The van der Waals surface area contributed by atoms with E-state index in [9.17, 15) is 4.79 Å². The Morgan fingerprint density at radius 2 is 2.19 bits per heavy atom. The molecule has 16 heavy (non-hydrogen) atoms. The maximum Gasteiger partial charge on any atom is 0.248 e. The van der Waals surface area contributed by atoms with Crippen LogP contribution in [0.4, 0.5) is 0 Å². The molecule has 0 atom stereocenters. The molecule has 0 bridgehead atoms. The van der Waals surface area contributed by atoms with Crippen molar-refractivity contribution in [2.24, 2.45) is 0 Å². The highest BCUT2D eigenvalue weighted by molar-refractivity contribution is 5.77. The molecule has 0 spiro atoms. The van der Waals surface area contributed by atoms with Crippen LogP contribution in [0.5, 0.6) is 0 Å². The van der Waals surface area contributed by atoms with Crippen LogP contribution < -0.4 is 5.32 Å². The molecular weight excluding hydrogens is 208 g/mol. The number of ether oxygens (including phenoxy) is 2. The van der Waals surface area contributed by atoms with Crippen molar-refractivity contribution in [1.29, 1.82) is 0 Å². The first kappa shape index (κ1) is 13.4. The zero-order valence-corrected chi connectivity index (χ0v) is 10.4. The summed E-state index contributed by atoms with van der Waals surface area (Å²) in [5.74, 6) is 0.0608. The quantitative estimate of drug-likeness (QED) is 0.668. The van der Waals surface area contributed by atoms with Crippen LogP contribution in [0.2, 0.25) is 0 Å². The van der Waals surface area contributed by atoms with Gasteiger partial charge in [-0.05, 0) is 13.8 Å². The van der Waals surface area contributed by atoms with Crippen LogP contribution in [0, 0.1) is 0 Å². The van der Waals surface area contributed by atoms with Crippen molar-refractivity contribution in [2.45, 2.75) is 19.4 Å². The maximum absolute atomic E-state index is 11.8. The average Bonchev–Trinajstić information content (AvgIpc) is 2.22. The highest BCUT2D eigenvalue weighted by atomic mass is 16.5. The molecule has 1 heterocycles. The Kier molecular flexibility index (Phi) is 5.18. The number of piperazine rings is 1. The SMILES string of the molecule is COCCOCC(=O)N1CCNC(C)(C)C1. The van der Waals surface area contributed by atoms with E-state index in [0.717, 1.165) is 19.6 Å². The molecule has 1 aliphatic rings. The Labute approximate surface area is 97.1 Å². The van der Waals surface area contributed by atoms with Gasteiger partial charge in [0.1, 0.15) is 6.61 Å². The van der Waals surface area contributed by atoms with Crippen LogP contribution in [0.1, 0.15) is 13.8 Å². The molecule has 0 aromatic carbocycles. The molecule has 5 nitrogen and oxygen atoms in total. The fourth-order valence-corrected chi connectivity index (χ4v) is 1.75. The minimum absolute atomic E-state index is 0.000436. The van der Waals surface area contributed by atoms with Gasteiger partial charge in [0.15, 0.2) is 0 Å². The summed E-state index contributed by atoms with van der Waals surface area (Å²) in [6, 6.07) is 0. The summed E-state index contributed by atoms with van der Waals surface area (Å²) >= 11 is 0.